The maximum absolute atomic E-state index is 13.2. The molecule has 1 amide bonds. The quantitative estimate of drug-likeness (QED) is 0.824. The Morgan fingerprint density at radius 1 is 1.53 bits per heavy atom. The Bertz CT molecular complexity index is 508. The van der Waals surface area contributed by atoms with Gasteiger partial charge in [-0.05, 0) is 24.6 Å². The zero-order valence-corrected chi connectivity index (χ0v) is 11.2. The lowest BCUT2D eigenvalue weighted by Crippen LogP contribution is -2.35. The van der Waals surface area contributed by atoms with E-state index < -0.39 is 5.97 Å². The lowest BCUT2D eigenvalue weighted by molar-refractivity contribution is -0.305. The minimum atomic E-state index is -1.20. The van der Waals surface area contributed by atoms with E-state index in [9.17, 15) is 19.1 Å². The van der Waals surface area contributed by atoms with E-state index in [-0.39, 0.29) is 35.3 Å². The van der Waals surface area contributed by atoms with E-state index in [1.165, 1.54) is 28.8 Å². The molecule has 0 spiro atoms. The van der Waals surface area contributed by atoms with Crippen LogP contribution in [0.2, 0.25) is 0 Å². The van der Waals surface area contributed by atoms with Gasteiger partial charge in [-0.25, -0.2) is 4.39 Å². The molecule has 1 fully saturated rings. The summed E-state index contributed by atoms with van der Waals surface area (Å²) in [6.45, 7) is 1.85. The van der Waals surface area contributed by atoms with Crippen molar-refractivity contribution < 1.29 is 19.1 Å². The third-order valence-electron chi connectivity index (χ3n) is 2.94. The van der Waals surface area contributed by atoms with Crippen LogP contribution >= 0.6 is 11.8 Å². The van der Waals surface area contributed by atoms with Crippen molar-refractivity contribution in [2.75, 3.05) is 6.54 Å². The molecule has 0 aromatic heterocycles. The summed E-state index contributed by atoms with van der Waals surface area (Å²) in [5, 5.41) is 9.94. The molecular weight excluding hydrogens is 269 g/mol. The number of nitrogens with zero attached hydrogens (tertiary/aromatic N) is 1. The average molecular weight is 282 g/mol. The number of aliphatic carboxylic acids is 1. The molecular formula is C13H13FNO3S-. The molecule has 4 nitrogen and oxygen atoms in total. The summed E-state index contributed by atoms with van der Waals surface area (Å²) in [5.74, 6) is -1.69. The van der Waals surface area contributed by atoms with Crippen LogP contribution in [0.4, 0.5) is 4.39 Å². The zero-order valence-electron chi connectivity index (χ0n) is 10.3. The first-order valence-corrected chi connectivity index (χ1v) is 6.84. The van der Waals surface area contributed by atoms with Crippen LogP contribution in [0.5, 0.6) is 0 Å². The summed E-state index contributed by atoms with van der Waals surface area (Å²) in [5.41, 5.74) is 0.668. The van der Waals surface area contributed by atoms with Gasteiger partial charge in [0.05, 0.1) is 5.25 Å². The van der Waals surface area contributed by atoms with Gasteiger partial charge < -0.3 is 14.8 Å². The van der Waals surface area contributed by atoms with E-state index >= 15 is 0 Å². The van der Waals surface area contributed by atoms with Crippen LogP contribution in [0, 0.1) is 5.82 Å². The van der Waals surface area contributed by atoms with Gasteiger partial charge in [-0.15, -0.1) is 11.8 Å². The minimum Gasteiger partial charge on any atom is -0.550 e. The third kappa shape index (κ3) is 3.07. The minimum absolute atomic E-state index is 0.0830. The molecule has 2 atom stereocenters. The fraction of sp³-hybridized carbons (Fsp3) is 0.385. The van der Waals surface area contributed by atoms with Crippen LogP contribution < -0.4 is 5.11 Å². The van der Waals surface area contributed by atoms with Crippen molar-refractivity contribution in [2.24, 2.45) is 0 Å². The van der Waals surface area contributed by atoms with Crippen LogP contribution in [0.3, 0.4) is 0 Å². The van der Waals surface area contributed by atoms with E-state index in [0.717, 1.165) is 0 Å². The van der Waals surface area contributed by atoms with Crippen molar-refractivity contribution >= 4 is 23.6 Å². The number of benzene rings is 1. The lowest BCUT2D eigenvalue weighted by atomic mass is 10.2. The fourth-order valence-corrected chi connectivity index (χ4v) is 3.33. The highest BCUT2D eigenvalue weighted by Gasteiger charge is 2.38. The van der Waals surface area contributed by atoms with Crippen molar-refractivity contribution in [1.82, 2.24) is 4.90 Å². The second kappa shape index (κ2) is 5.61. The van der Waals surface area contributed by atoms with E-state index in [2.05, 4.69) is 0 Å². The summed E-state index contributed by atoms with van der Waals surface area (Å²) in [6, 6.07) is 6.02. The highest BCUT2D eigenvalue weighted by atomic mass is 32.2. The Balaban J connectivity index is 2.22. The Kier molecular flexibility index (Phi) is 4.09. The Labute approximate surface area is 114 Å². The van der Waals surface area contributed by atoms with Gasteiger partial charge >= 0.3 is 0 Å². The van der Waals surface area contributed by atoms with Gasteiger partial charge in [-0.1, -0.05) is 12.1 Å². The number of carbonyl (C=O) groups excluding carboxylic acids is 2. The number of carbonyl (C=O) groups is 2. The maximum Gasteiger partial charge on any atom is 0.236 e. The first-order valence-electron chi connectivity index (χ1n) is 5.90. The summed E-state index contributed by atoms with van der Waals surface area (Å²) in [7, 11) is 0. The van der Waals surface area contributed by atoms with Crippen LogP contribution in [0.1, 0.15) is 24.3 Å². The van der Waals surface area contributed by atoms with E-state index in [4.69, 9.17) is 0 Å². The Morgan fingerprint density at radius 3 is 2.89 bits per heavy atom. The van der Waals surface area contributed by atoms with Crippen molar-refractivity contribution in [3.63, 3.8) is 0 Å². The molecule has 102 valence electrons. The standard InChI is InChI=1S/C13H14FNO3S/c1-8-12(18)15(6-5-11(16)17)13(19-8)9-3-2-4-10(14)7-9/h2-4,7-8,13H,5-6H2,1H3,(H,16,17)/p-1/t8-,13-/m1/s1. The molecule has 0 aliphatic carbocycles. The molecule has 0 N–H and O–H groups in total. The number of halogens is 1. The van der Waals surface area contributed by atoms with Gasteiger partial charge in [-0.3, -0.25) is 4.79 Å². The lowest BCUT2D eigenvalue weighted by Gasteiger charge is -2.24. The topological polar surface area (TPSA) is 60.4 Å². The van der Waals surface area contributed by atoms with Gasteiger partial charge in [-0.2, -0.15) is 0 Å². The van der Waals surface area contributed by atoms with Crippen molar-refractivity contribution in [3.8, 4) is 0 Å². The zero-order chi connectivity index (χ0) is 14.0. The summed E-state index contributed by atoms with van der Waals surface area (Å²) < 4.78 is 13.2. The monoisotopic (exact) mass is 282 g/mol. The van der Waals surface area contributed by atoms with E-state index in [1.807, 2.05) is 0 Å². The molecule has 1 aliphatic rings. The molecule has 0 radical (unpaired) electrons. The van der Waals surface area contributed by atoms with Gasteiger partial charge in [0.25, 0.3) is 0 Å². The molecule has 1 aromatic carbocycles. The van der Waals surface area contributed by atoms with Crippen molar-refractivity contribution in [1.29, 1.82) is 0 Å². The number of rotatable bonds is 4. The molecule has 1 heterocycles. The normalized spacial score (nSPS) is 22.8. The summed E-state index contributed by atoms with van der Waals surface area (Å²) >= 11 is 1.39. The van der Waals surface area contributed by atoms with E-state index in [0.29, 0.717) is 5.56 Å². The molecule has 1 aliphatic heterocycles. The summed E-state index contributed by atoms with van der Waals surface area (Å²) in [4.78, 5) is 24.0. The molecule has 0 saturated carbocycles. The number of thioether (sulfide) groups is 1. The average Bonchev–Trinajstić information content (AvgIpc) is 2.63. The second-order valence-corrected chi connectivity index (χ2v) is 5.77. The van der Waals surface area contributed by atoms with Crippen LogP contribution in [-0.2, 0) is 9.59 Å². The SMILES string of the molecule is C[C@H]1S[C@H](c2cccc(F)c2)N(CCC(=O)[O-])C1=O. The Hall–Kier alpha value is -1.56. The van der Waals surface area contributed by atoms with Gasteiger partial charge in [0.1, 0.15) is 11.2 Å². The molecule has 19 heavy (non-hydrogen) atoms. The maximum atomic E-state index is 13.2. The largest absolute Gasteiger partial charge is 0.550 e. The Morgan fingerprint density at radius 2 is 2.26 bits per heavy atom. The van der Waals surface area contributed by atoms with E-state index in [1.54, 1.807) is 19.1 Å². The molecule has 1 saturated heterocycles. The van der Waals surface area contributed by atoms with Gasteiger partial charge in [0.2, 0.25) is 5.91 Å². The van der Waals surface area contributed by atoms with Gasteiger partial charge in [0, 0.05) is 18.9 Å². The highest BCUT2D eigenvalue weighted by molar-refractivity contribution is 8.01. The predicted molar refractivity (Wildman–Crippen MR) is 67.5 cm³/mol. The van der Waals surface area contributed by atoms with Crippen LogP contribution in [-0.4, -0.2) is 28.6 Å². The van der Waals surface area contributed by atoms with Crippen LogP contribution in [0.15, 0.2) is 24.3 Å². The molecule has 6 heteroatoms. The first-order chi connectivity index (χ1) is 8.99. The predicted octanol–water partition coefficient (Wildman–Crippen LogP) is 0.928. The van der Waals surface area contributed by atoms with Crippen molar-refractivity contribution in [2.45, 2.75) is 24.0 Å². The number of amides is 1. The number of carboxylic acid groups (broad SMARTS) is 1. The molecule has 0 unspecified atom stereocenters. The molecule has 1 aromatic rings. The number of hydrogen-bond acceptors (Lipinski definition) is 4. The first kappa shape index (κ1) is 13.9. The second-order valence-electron chi connectivity index (χ2n) is 4.34. The summed E-state index contributed by atoms with van der Waals surface area (Å²) in [6.07, 6.45) is -0.217. The van der Waals surface area contributed by atoms with Crippen molar-refractivity contribution in [3.05, 3.63) is 35.6 Å². The molecule has 0 bridgehead atoms. The highest BCUT2D eigenvalue weighted by Crippen LogP contribution is 2.42. The van der Waals surface area contributed by atoms with Crippen LogP contribution in [0.25, 0.3) is 0 Å². The fourth-order valence-electron chi connectivity index (χ4n) is 2.03. The smallest absolute Gasteiger partial charge is 0.236 e. The number of carboxylic acids is 1. The molecule has 2 rings (SSSR count). The third-order valence-corrected chi connectivity index (χ3v) is 4.33. The van der Waals surface area contributed by atoms with Gasteiger partial charge in [0.15, 0.2) is 0 Å². The number of hydrogen-bond donors (Lipinski definition) is 0.